The number of urea groups is 1. The zero-order valence-electron chi connectivity index (χ0n) is 15.3. The number of hydrogen-bond donors (Lipinski definition) is 3. The predicted molar refractivity (Wildman–Crippen MR) is 109 cm³/mol. The van der Waals surface area contributed by atoms with Gasteiger partial charge in [-0.1, -0.05) is 30.3 Å². The number of nitrogens with one attached hydrogen (secondary N) is 3. The van der Waals surface area contributed by atoms with Crippen molar-refractivity contribution in [1.29, 1.82) is 0 Å². The molecule has 2 heterocycles. The van der Waals surface area contributed by atoms with Gasteiger partial charge in [0.15, 0.2) is 11.5 Å². The van der Waals surface area contributed by atoms with Gasteiger partial charge in [-0.15, -0.1) is 0 Å². The van der Waals surface area contributed by atoms with Gasteiger partial charge in [0.05, 0.1) is 6.33 Å². The number of amides is 2. The second-order valence-electron chi connectivity index (χ2n) is 6.25. The topological polar surface area (TPSA) is 96.8 Å². The summed E-state index contributed by atoms with van der Waals surface area (Å²) in [6.07, 6.45) is 3.22. The Kier molecular flexibility index (Phi) is 4.83. The van der Waals surface area contributed by atoms with Crippen LogP contribution in [0, 0.1) is 0 Å². The summed E-state index contributed by atoms with van der Waals surface area (Å²) in [5.41, 5.74) is 3.94. The van der Waals surface area contributed by atoms with E-state index < -0.39 is 0 Å². The molecule has 2 aromatic carbocycles. The number of aryl methyl sites for hydroxylation is 1. The number of nitrogens with zero attached hydrogens (tertiary/aromatic N) is 4. The first kappa shape index (κ1) is 17.5. The number of hydrogen-bond acceptors (Lipinski definition) is 5. The standard InChI is InChI=1S/C20H19N7O/c1-27-13-24-17-18(22-12-23-19(17)27)21-11-14-6-5-9-16(10-14)26-20(28)25-15-7-3-2-4-8-15/h2-10,12-13H,11H2,1H3,(H,21,22,23)(H2,25,26,28). The maximum absolute atomic E-state index is 12.2. The quantitative estimate of drug-likeness (QED) is 0.496. The fraction of sp³-hybridized carbons (Fsp3) is 0.100. The average Bonchev–Trinajstić information content (AvgIpc) is 3.09. The highest BCUT2D eigenvalue weighted by atomic mass is 16.2. The van der Waals surface area contributed by atoms with Crippen molar-refractivity contribution in [3.05, 3.63) is 72.8 Å². The molecule has 0 radical (unpaired) electrons. The SMILES string of the molecule is Cn1cnc2c(NCc3cccc(NC(=O)Nc4ccccc4)c3)ncnc21. The maximum atomic E-state index is 12.2. The molecule has 4 aromatic rings. The highest BCUT2D eigenvalue weighted by Gasteiger charge is 2.08. The van der Waals surface area contributed by atoms with Crippen LogP contribution in [0.3, 0.4) is 0 Å². The normalized spacial score (nSPS) is 10.6. The number of fused-ring (bicyclic) bond motifs is 1. The minimum atomic E-state index is -0.290. The Hall–Kier alpha value is -3.94. The van der Waals surface area contributed by atoms with Gasteiger partial charge in [-0.05, 0) is 29.8 Å². The summed E-state index contributed by atoms with van der Waals surface area (Å²) >= 11 is 0. The van der Waals surface area contributed by atoms with Crippen molar-refractivity contribution in [1.82, 2.24) is 19.5 Å². The Morgan fingerprint density at radius 1 is 0.964 bits per heavy atom. The Morgan fingerprint density at radius 3 is 2.61 bits per heavy atom. The number of carbonyl (C=O) groups excluding carboxylic acids is 1. The fourth-order valence-electron chi connectivity index (χ4n) is 2.83. The zero-order valence-corrected chi connectivity index (χ0v) is 15.3. The van der Waals surface area contributed by atoms with Crippen LogP contribution in [0.25, 0.3) is 11.2 Å². The van der Waals surface area contributed by atoms with Gasteiger partial charge in [0.1, 0.15) is 11.8 Å². The third kappa shape index (κ3) is 3.90. The molecule has 0 aliphatic heterocycles. The fourth-order valence-corrected chi connectivity index (χ4v) is 2.83. The molecule has 28 heavy (non-hydrogen) atoms. The first-order chi connectivity index (χ1) is 13.7. The highest BCUT2D eigenvalue weighted by molar-refractivity contribution is 5.99. The lowest BCUT2D eigenvalue weighted by atomic mass is 10.2. The summed E-state index contributed by atoms with van der Waals surface area (Å²) in [5, 5.41) is 8.92. The van der Waals surface area contributed by atoms with E-state index in [-0.39, 0.29) is 6.03 Å². The van der Waals surface area contributed by atoms with E-state index in [1.807, 2.05) is 66.2 Å². The van der Waals surface area contributed by atoms with Crippen LogP contribution in [-0.4, -0.2) is 25.6 Å². The molecule has 0 fully saturated rings. The Bertz CT molecular complexity index is 1110. The van der Waals surface area contributed by atoms with Crippen LogP contribution < -0.4 is 16.0 Å². The Morgan fingerprint density at radius 2 is 1.75 bits per heavy atom. The lowest BCUT2D eigenvalue weighted by molar-refractivity contribution is 0.262. The van der Waals surface area contributed by atoms with Gasteiger partial charge in [-0.2, -0.15) is 0 Å². The second-order valence-corrected chi connectivity index (χ2v) is 6.25. The second kappa shape index (κ2) is 7.75. The van der Waals surface area contributed by atoms with Gasteiger partial charge in [-0.25, -0.2) is 19.7 Å². The van der Waals surface area contributed by atoms with Gasteiger partial charge >= 0.3 is 6.03 Å². The van der Waals surface area contributed by atoms with Gasteiger partial charge in [0.2, 0.25) is 0 Å². The van der Waals surface area contributed by atoms with Crippen LogP contribution >= 0.6 is 0 Å². The van der Waals surface area contributed by atoms with Gasteiger partial charge in [0, 0.05) is 25.0 Å². The predicted octanol–water partition coefficient (Wildman–Crippen LogP) is 3.62. The monoisotopic (exact) mass is 373 g/mol. The van der Waals surface area contributed by atoms with E-state index in [0.29, 0.717) is 18.1 Å². The van der Waals surface area contributed by atoms with Crippen molar-refractivity contribution in [2.24, 2.45) is 7.05 Å². The largest absolute Gasteiger partial charge is 0.364 e. The summed E-state index contributed by atoms with van der Waals surface area (Å²) < 4.78 is 1.85. The molecule has 0 saturated carbocycles. The van der Waals surface area contributed by atoms with Crippen molar-refractivity contribution in [3.63, 3.8) is 0 Å². The van der Waals surface area contributed by atoms with E-state index in [0.717, 1.165) is 22.4 Å². The van der Waals surface area contributed by atoms with E-state index in [9.17, 15) is 4.79 Å². The first-order valence-electron chi connectivity index (χ1n) is 8.77. The molecule has 0 bridgehead atoms. The van der Waals surface area contributed by atoms with Crippen molar-refractivity contribution in [2.75, 3.05) is 16.0 Å². The van der Waals surface area contributed by atoms with E-state index in [1.54, 1.807) is 6.33 Å². The molecular formula is C20H19N7O. The van der Waals surface area contributed by atoms with Crippen molar-refractivity contribution < 1.29 is 4.79 Å². The van der Waals surface area contributed by atoms with E-state index in [1.165, 1.54) is 6.33 Å². The molecule has 4 rings (SSSR count). The van der Waals surface area contributed by atoms with Gasteiger partial charge in [-0.3, -0.25) is 0 Å². The number of anilines is 3. The van der Waals surface area contributed by atoms with Crippen LogP contribution in [0.5, 0.6) is 0 Å². The third-order valence-electron chi connectivity index (χ3n) is 4.17. The highest BCUT2D eigenvalue weighted by Crippen LogP contribution is 2.18. The van der Waals surface area contributed by atoms with Crippen molar-refractivity contribution in [3.8, 4) is 0 Å². The summed E-state index contributed by atoms with van der Waals surface area (Å²) in [6, 6.07) is 16.6. The minimum Gasteiger partial charge on any atom is -0.364 e. The molecule has 3 N–H and O–H groups in total. The lowest BCUT2D eigenvalue weighted by Gasteiger charge is -2.10. The zero-order chi connectivity index (χ0) is 19.3. The van der Waals surface area contributed by atoms with Crippen molar-refractivity contribution >= 4 is 34.4 Å². The molecule has 0 unspecified atom stereocenters. The molecule has 0 aliphatic rings. The number of rotatable bonds is 5. The number of carbonyl (C=O) groups is 1. The lowest BCUT2D eigenvalue weighted by Crippen LogP contribution is -2.19. The molecule has 2 aromatic heterocycles. The maximum Gasteiger partial charge on any atom is 0.323 e. The first-order valence-corrected chi connectivity index (χ1v) is 8.77. The molecule has 2 amide bonds. The van der Waals surface area contributed by atoms with Crippen LogP contribution in [0.1, 0.15) is 5.56 Å². The average molecular weight is 373 g/mol. The molecule has 8 nitrogen and oxygen atoms in total. The number of aromatic nitrogens is 4. The summed E-state index contributed by atoms with van der Waals surface area (Å²) in [5.74, 6) is 0.672. The number of benzene rings is 2. The molecule has 0 aliphatic carbocycles. The molecular weight excluding hydrogens is 354 g/mol. The molecule has 8 heteroatoms. The van der Waals surface area contributed by atoms with Gasteiger partial charge in [0.25, 0.3) is 0 Å². The minimum absolute atomic E-state index is 0.290. The van der Waals surface area contributed by atoms with E-state index in [2.05, 4.69) is 30.9 Å². The Balaban J connectivity index is 1.41. The van der Waals surface area contributed by atoms with Crippen molar-refractivity contribution in [2.45, 2.75) is 6.54 Å². The third-order valence-corrected chi connectivity index (χ3v) is 4.17. The van der Waals surface area contributed by atoms with Crippen LogP contribution in [0.2, 0.25) is 0 Å². The molecule has 0 atom stereocenters. The van der Waals surface area contributed by atoms with E-state index >= 15 is 0 Å². The van der Waals surface area contributed by atoms with Crippen LogP contribution in [0.4, 0.5) is 22.0 Å². The molecule has 140 valence electrons. The number of para-hydroxylation sites is 1. The van der Waals surface area contributed by atoms with Crippen LogP contribution in [0.15, 0.2) is 67.3 Å². The summed E-state index contributed by atoms with van der Waals surface area (Å²) in [4.78, 5) is 25.0. The summed E-state index contributed by atoms with van der Waals surface area (Å²) in [7, 11) is 1.89. The molecule has 0 spiro atoms. The van der Waals surface area contributed by atoms with Gasteiger partial charge < -0.3 is 20.5 Å². The Labute approximate surface area is 161 Å². The van der Waals surface area contributed by atoms with E-state index in [4.69, 9.17) is 0 Å². The number of imidazole rings is 1. The smallest absolute Gasteiger partial charge is 0.323 e. The molecule has 0 saturated heterocycles. The van der Waals surface area contributed by atoms with Crippen LogP contribution in [-0.2, 0) is 13.6 Å². The summed E-state index contributed by atoms with van der Waals surface area (Å²) in [6.45, 7) is 0.540.